The number of para-hydroxylation sites is 1. The third-order valence-electron chi connectivity index (χ3n) is 7.24. The highest BCUT2D eigenvalue weighted by Gasteiger charge is 2.60. The van der Waals surface area contributed by atoms with Gasteiger partial charge in [-0.1, -0.05) is 25.1 Å². The van der Waals surface area contributed by atoms with Crippen molar-refractivity contribution in [3.63, 3.8) is 0 Å². The van der Waals surface area contributed by atoms with E-state index in [-0.39, 0.29) is 11.0 Å². The molecule has 0 radical (unpaired) electrons. The van der Waals surface area contributed by atoms with E-state index in [0.717, 1.165) is 24.9 Å². The van der Waals surface area contributed by atoms with Crippen molar-refractivity contribution in [2.75, 3.05) is 13.1 Å². The molecule has 1 fully saturated rings. The standard InChI is InChI=1S/C20H24N2O/c1-3-20-10-6-11-21-12-9-15-14-7-4-5-8-16(14)22(17(23)13-20)18(15)19(20,21)2/h4-5,7-8H,3,6,9-13H2,1-2H3/t19-,20+/m1/s1. The molecule has 3 aliphatic heterocycles. The van der Waals surface area contributed by atoms with Crippen molar-refractivity contribution in [2.24, 2.45) is 5.41 Å². The minimum absolute atomic E-state index is 0.0144. The second-order valence-electron chi connectivity index (χ2n) is 7.80. The van der Waals surface area contributed by atoms with Gasteiger partial charge in [-0.15, -0.1) is 0 Å². The number of aromatic nitrogens is 1. The molecule has 3 nitrogen and oxygen atoms in total. The summed E-state index contributed by atoms with van der Waals surface area (Å²) in [5.41, 5.74) is 4.01. The van der Waals surface area contributed by atoms with Crippen molar-refractivity contribution >= 4 is 16.8 Å². The van der Waals surface area contributed by atoms with E-state index in [1.54, 1.807) is 0 Å². The van der Waals surface area contributed by atoms with Gasteiger partial charge in [0.05, 0.1) is 16.7 Å². The third kappa shape index (κ3) is 1.39. The second kappa shape index (κ2) is 4.27. The molecule has 0 saturated carbocycles. The van der Waals surface area contributed by atoms with E-state index < -0.39 is 0 Å². The quantitative estimate of drug-likeness (QED) is 0.797. The van der Waals surface area contributed by atoms with Gasteiger partial charge in [0.25, 0.3) is 0 Å². The van der Waals surface area contributed by atoms with Crippen molar-refractivity contribution in [3.8, 4) is 0 Å². The zero-order valence-corrected chi connectivity index (χ0v) is 14.1. The lowest BCUT2D eigenvalue weighted by Gasteiger charge is -2.61. The summed E-state index contributed by atoms with van der Waals surface area (Å²) in [4.78, 5) is 15.8. The number of carbonyl (C=O) groups excluding carboxylic acids is 1. The Bertz CT molecular complexity index is 836. The number of benzene rings is 1. The van der Waals surface area contributed by atoms with Crippen molar-refractivity contribution < 1.29 is 4.79 Å². The van der Waals surface area contributed by atoms with Crippen molar-refractivity contribution in [3.05, 3.63) is 35.5 Å². The van der Waals surface area contributed by atoms with Crippen LogP contribution in [0.3, 0.4) is 0 Å². The van der Waals surface area contributed by atoms with E-state index >= 15 is 0 Å². The highest BCUT2D eigenvalue weighted by atomic mass is 16.2. The molecule has 4 heterocycles. The molecule has 0 bridgehead atoms. The van der Waals surface area contributed by atoms with Crippen molar-refractivity contribution in [1.82, 2.24) is 9.47 Å². The number of hydrogen-bond donors (Lipinski definition) is 0. The van der Waals surface area contributed by atoms with Gasteiger partial charge in [-0.05, 0) is 50.8 Å². The smallest absolute Gasteiger partial charge is 0.232 e. The third-order valence-corrected chi connectivity index (χ3v) is 7.24. The van der Waals surface area contributed by atoms with Gasteiger partial charge >= 0.3 is 0 Å². The SMILES string of the molecule is CC[C@]12CCCN3CCc4c(n(c5ccccc45)C(=O)C1)[C@@]32C. The average molecular weight is 308 g/mol. The maximum atomic E-state index is 13.1. The lowest BCUT2D eigenvalue weighted by Crippen LogP contribution is -2.65. The van der Waals surface area contributed by atoms with Crippen LogP contribution in [0.25, 0.3) is 10.9 Å². The van der Waals surface area contributed by atoms with Crippen LogP contribution in [0, 0.1) is 5.41 Å². The highest BCUT2D eigenvalue weighted by molar-refractivity contribution is 5.98. The van der Waals surface area contributed by atoms with Gasteiger partial charge in [0.1, 0.15) is 0 Å². The Hall–Kier alpha value is -1.61. The summed E-state index contributed by atoms with van der Waals surface area (Å²) in [6.45, 7) is 7.02. The van der Waals surface area contributed by atoms with Gasteiger partial charge in [-0.3, -0.25) is 14.3 Å². The maximum Gasteiger partial charge on any atom is 0.232 e. The maximum absolute atomic E-state index is 13.1. The predicted octanol–water partition coefficient (Wildman–Crippen LogP) is 3.95. The number of rotatable bonds is 1. The minimum Gasteiger partial charge on any atom is -0.292 e. The molecule has 0 N–H and O–H groups in total. The van der Waals surface area contributed by atoms with Gasteiger partial charge < -0.3 is 0 Å². The first kappa shape index (κ1) is 13.8. The molecule has 1 saturated heterocycles. The van der Waals surface area contributed by atoms with E-state index in [1.165, 1.54) is 36.0 Å². The van der Waals surface area contributed by atoms with Gasteiger partial charge in [0, 0.05) is 23.8 Å². The molecule has 23 heavy (non-hydrogen) atoms. The predicted molar refractivity (Wildman–Crippen MR) is 91.8 cm³/mol. The summed E-state index contributed by atoms with van der Waals surface area (Å²) in [6.07, 6.45) is 5.27. The lowest BCUT2D eigenvalue weighted by atomic mass is 9.56. The Morgan fingerprint density at radius 3 is 2.87 bits per heavy atom. The van der Waals surface area contributed by atoms with Crippen molar-refractivity contribution in [2.45, 2.75) is 51.5 Å². The summed E-state index contributed by atoms with van der Waals surface area (Å²) in [5, 5.41) is 1.30. The Balaban J connectivity index is 1.93. The van der Waals surface area contributed by atoms with Gasteiger partial charge in [0.2, 0.25) is 5.91 Å². The molecule has 3 aliphatic rings. The fourth-order valence-corrected chi connectivity index (χ4v) is 6.00. The van der Waals surface area contributed by atoms with E-state index in [1.807, 2.05) is 0 Å². The number of hydrogen-bond acceptors (Lipinski definition) is 2. The number of carbonyl (C=O) groups is 1. The Kier molecular flexibility index (Phi) is 2.56. The highest BCUT2D eigenvalue weighted by Crippen LogP contribution is 2.60. The molecular formula is C20H24N2O. The zero-order valence-electron chi connectivity index (χ0n) is 14.1. The first-order valence-electron chi connectivity index (χ1n) is 9.03. The van der Waals surface area contributed by atoms with Crippen LogP contribution in [0.15, 0.2) is 24.3 Å². The molecule has 0 amide bonds. The molecule has 1 aromatic carbocycles. The van der Waals surface area contributed by atoms with Crippen LogP contribution in [-0.2, 0) is 12.0 Å². The summed E-state index contributed by atoms with van der Waals surface area (Å²) in [7, 11) is 0. The van der Waals surface area contributed by atoms with E-state index in [0.29, 0.717) is 12.3 Å². The first-order chi connectivity index (χ1) is 11.1. The first-order valence-corrected chi connectivity index (χ1v) is 9.03. The fourth-order valence-electron chi connectivity index (χ4n) is 6.00. The molecule has 2 aromatic rings. The van der Waals surface area contributed by atoms with E-state index in [9.17, 15) is 4.79 Å². The van der Waals surface area contributed by atoms with Crippen LogP contribution in [-0.4, -0.2) is 28.5 Å². The number of fused-ring (bicyclic) bond motifs is 3. The molecular weight excluding hydrogens is 284 g/mol. The number of piperidine rings is 1. The zero-order chi connectivity index (χ0) is 15.8. The number of nitrogens with zero attached hydrogens (tertiary/aromatic N) is 2. The molecule has 0 unspecified atom stereocenters. The van der Waals surface area contributed by atoms with Crippen LogP contribution >= 0.6 is 0 Å². The average Bonchev–Trinajstić information content (AvgIpc) is 2.91. The van der Waals surface area contributed by atoms with Crippen LogP contribution < -0.4 is 0 Å². The van der Waals surface area contributed by atoms with Gasteiger partial charge in [0.15, 0.2) is 0 Å². The molecule has 120 valence electrons. The van der Waals surface area contributed by atoms with Crippen LogP contribution in [0.4, 0.5) is 0 Å². The molecule has 2 atom stereocenters. The molecule has 5 rings (SSSR count). The minimum atomic E-state index is 0.0144. The molecule has 3 heteroatoms. The van der Waals surface area contributed by atoms with E-state index in [2.05, 4.69) is 47.6 Å². The Labute approximate surface area is 137 Å². The summed E-state index contributed by atoms with van der Waals surface area (Å²) in [6, 6.07) is 8.50. The van der Waals surface area contributed by atoms with Crippen LogP contribution in [0.1, 0.15) is 55.6 Å². The van der Waals surface area contributed by atoms with Gasteiger partial charge in [-0.25, -0.2) is 0 Å². The lowest BCUT2D eigenvalue weighted by molar-refractivity contribution is -0.0912. The topological polar surface area (TPSA) is 25.2 Å². The summed E-state index contributed by atoms with van der Waals surface area (Å²) < 4.78 is 2.08. The largest absolute Gasteiger partial charge is 0.292 e. The summed E-state index contributed by atoms with van der Waals surface area (Å²) in [5.74, 6) is 0.311. The molecule has 0 spiro atoms. The molecule has 1 aromatic heterocycles. The van der Waals surface area contributed by atoms with E-state index in [4.69, 9.17) is 0 Å². The van der Waals surface area contributed by atoms with Crippen molar-refractivity contribution in [1.29, 1.82) is 0 Å². The Morgan fingerprint density at radius 2 is 2.04 bits per heavy atom. The fraction of sp³-hybridized carbons (Fsp3) is 0.550. The Morgan fingerprint density at radius 1 is 1.22 bits per heavy atom. The van der Waals surface area contributed by atoms with Gasteiger partial charge in [-0.2, -0.15) is 0 Å². The second-order valence-corrected chi connectivity index (χ2v) is 7.80. The monoisotopic (exact) mass is 308 g/mol. The normalized spacial score (nSPS) is 33.0. The van der Waals surface area contributed by atoms with Crippen LogP contribution in [0.2, 0.25) is 0 Å². The molecule has 0 aliphatic carbocycles. The van der Waals surface area contributed by atoms with Crippen LogP contribution in [0.5, 0.6) is 0 Å². The summed E-state index contributed by atoms with van der Waals surface area (Å²) >= 11 is 0.